The predicted octanol–water partition coefficient (Wildman–Crippen LogP) is 3.91. The van der Waals surface area contributed by atoms with Crippen LogP contribution in [0.1, 0.15) is 29.3 Å². The van der Waals surface area contributed by atoms with E-state index < -0.39 is 0 Å². The van der Waals surface area contributed by atoms with Crippen LogP contribution in [0.5, 0.6) is 0 Å². The molecule has 94 valence electrons. The Hall–Kier alpha value is -1.19. The lowest BCUT2D eigenvalue weighted by Crippen LogP contribution is -2.24. The van der Waals surface area contributed by atoms with E-state index in [4.69, 9.17) is 4.42 Å². The van der Waals surface area contributed by atoms with Crippen LogP contribution in [0, 0.1) is 6.92 Å². The quantitative estimate of drug-likeness (QED) is 0.904. The maximum Gasteiger partial charge on any atom is 0.120 e. The van der Waals surface area contributed by atoms with Gasteiger partial charge in [-0.15, -0.1) is 11.8 Å². The normalized spacial score (nSPS) is 18.6. The minimum atomic E-state index is 0.451. The predicted molar refractivity (Wildman–Crippen MR) is 74.8 cm³/mol. The molecule has 18 heavy (non-hydrogen) atoms. The van der Waals surface area contributed by atoms with Gasteiger partial charge in [-0.1, -0.05) is 18.2 Å². The van der Waals surface area contributed by atoms with Gasteiger partial charge in [0.25, 0.3) is 0 Å². The Kier molecular flexibility index (Phi) is 3.43. The van der Waals surface area contributed by atoms with E-state index in [1.165, 1.54) is 28.2 Å². The molecule has 2 heterocycles. The monoisotopic (exact) mass is 259 g/mol. The van der Waals surface area contributed by atoms with Crippen LogP contribution < -0.4 is 5.32 Å². The number of hydrogen-bond donors (Lipinski definition) is 1. The van der Waals surface area contributed by atoms with Crippen molar-refractivity contribution >= 4 is 11.8 Å². The topological polar surface area (TPSA) is 25.2 Å². The standard InChI is InChI=1S/C15H17NOS/c1-11-6-8-17-14(11)10-16-13-7-9-18-15-5-3-2-4-12(13)15/h2-6,8,13,16H,7,9-10H2,1H3. The van der Waals surface area contributed by atoms with Gasteiger partial charge in [0.2, 0.25) is 0 Å². The molecule has 1 aromatic carbocycles. The highest BCUT2D eigenvalue weighted by Crippen LogP contribution is 2.35. The average molecular weight is 259 g/mol. The summed E-state index contributed by atoms with van der Waals surface area (Å²) in [5, 5.41) is 3.61. The van der Waals surface area contributed by atoms with Gasteiger partial charge in [0.05, 0.1) is 12.8 Å². The molecule has 0 bridgehead atoms. The second kappa shape index (κ2) is 5.21. The van der Waals surface area contributed by atoms with Crippen LogP contribution in [-0.4, -0.2) is 5.75 Å². The fourth-order valence-corrected chi connectivity index (χ4v) is 3.48. The van der Waals surface area contributed by atoms with Gasteiger partial charge >= 0.3 is 0 Å². The number of aryl methyl sites for hydroxylation is 1. The summed E-state index contributed by atoms with van der Waals surface area (Å²) in [5.41, 5.74) is 2.65. The first-order chi connectivity index (χ1) is 8.84. The molecular weight excluding hydrogens is 242 g/mol. The van der Waals surface area contributed by atoms with E-state index in [9.17, 15) is 0 Å². The van der Waals surface area contributed by atoms with Crippen molar-refractivity contribution in [2.75, 3.05) is 5.75 Å². The van der Waals surface area contributed by atoms with Crippen molar-refractivity contribution in [3.8, 4) is 0 Å². The Morgan fingerprint density at radius 3 is 3.06 bits per heavy atom. The third kappa shape index (κ3) is 2.33. The van der Waals surface area contributed by atoms with Gasteiger partial charge in [0.1, 0.15) is 5.76 Å². The molecule has 2 nitrogen and oxygen atoms in total. The first-order valence-electron chi connectivity index (χ1n) is 6.32. The highest BCUT2D eigenvalue weighted by Gasteiger charge is 2.20. The molecule has 1 aromatic heterocycles. The highest BCUT2D eigenvalue weighted by atomic mass is 32.2. The molecule has 0 aliphatic carbocycles. The molecule has 2 aromatic rings. The minimum absolute atomic E-state index is 0.451. The first-order valence-corrected chi connectivity index (χ1v) is 7.31. The highest BCUT2D eigenvalue weighted by molar-refractivity contribution is 7.99. The molecule has 1 N–H and O–H groups in total. The summed E-state index contributed by atoms with van der Waals surface area (Å²) >= 11 is 1.96. The van der Waals surface area contributed by atoms with Crippen LogP contribution >= 0.6 is 11.8 Å². The Bertz CT molecular complexity index is 535. The van der Waals surface area contributed by atoms with Crippen LogP contribution in [0.25, 0.3) is 0 Å². The zero-order chi connectivity index (χ0) is 12.4. The Labute approximate surface area is 112 Å². The van der Waals surface area contributed by atoms with E-state index in [0.717, 1.165) is 12.3 Å². The maximum absolute atomic E-state index is 5.48. The van der Waals surface area contributed by atoms with Crippen molar-refractivity contribution in [1.29, 1.82) is 0 Å². The van der Waals surface area contributed by atoms with Gasteiger partial charge in [-0.05, 0) is 42.4 Å². The fourth-order valence-electron chi connectivity index (χ4n) is 2.36. The lowest BCUT2D eigenvalue weighted by molar-refractivity contribution is 0.438. The molecule has 0 spiro atoms. The molecule has 0 amide bonds. The van der Waals surface area contributed by atoms with Crippen LogP contribution in [-0.2, 0) is 6.54 Å². The molecule has 1 aliphatic heterocycles. The summed E-state index contributed by atoms with van der Waals surface area (Å²) in [6, 6.07) is 11.1. The van der Waals surface area contributed by atoms with E-state index in [0.29, 0.717) is 6.04 Å². The summed E-state index contributed by atoms with van der Waals surface area (Å²) in [4.78, 5) is 1.41. The van der Waals surface area contributed by atoms with Crippen LogP contribution in [0.3, 0.4) is 0 Å². The summed E-state index contributed by atoms with van der Waals surface area (Å²) in [7, 11) is 0. The molecule has 1 unspecified atom stereocenters. The van der Waals surface area contributed by atoms with Gasteiger partial charge in [-0.25, -0.2) is 0 Å². The van der Waals surface area contributed by atoms with E-state index >= 15 is 0 Å². The molecule has 1 aliphatic rings. The molecular formula is C15H17NOS. The van der Waals surface area contributed by atoms with Crippen LogP contribution in [0.4, 0.5) is 0 Å². The summed E-state index contributed by atoms with van der Waals surface area (Å²) < 4.78 is 5.48. The Balaban J connectivity index is 1.73. The second-order valence-corrected chi connectivity index (χ2v) is 5.77. The van der Waals surface area contributed by atoms with Crippen molar-refractivity contribution in [2.24, 2.45) is 0 Å². The van der Waals surface area contributed by atoms with E-state index in [-0.39, 0.29) is 0 Å². The van der Waals surface area contributed by atoms with Crippen molar-refractivity contribution in [1.82, 2.24) is 5.32 Å². The van der Waals surface area contributed by atoms with Crippen molar-refractivity contribution < 1.29 is 4.42 Å². The molecule has 1 atom stereocenters. The Morgan fingerprint density at radius 1 is 1.33 bits per heavy atom. The number of rotatable bonds is 3. The Morgan fingerprint density at radius 2 is 2.22 bits per heavy atom. The third-order valence-corrected chi connectivity index (χ3v) is 4.56. The molecule has 3 heteroatoms. The molecule has 0 saturated carbocycles. The molecule has 0 radical (unpaired) electrons. The van der Waals surface area contributed by atoms with E-state index in [1.54, 1.807) is 6.26 Å². The average Bonchev–Trinajstić information content (AvgIpc) is 2.82. The van der Waals surface area contributed by atoms with Gasteiger partial charge in [-0.2, -0.15) is 0 Å². The second-order valence-electron chi connectivity index (χ2n) is 4.64. The van der Waals surface area contributed by atoms with Gasteiger partial charge in [0, 0.05) is 10.9 Å². The van der Waals surface area contributed by atoms with Crippen molar-refractivity contribution in [2.45, 2.75) is 30.8 Å². The SMILES string of the molecule is Cc1ccoc1CNC1CCSc2ccccc21. The van der Waals surface area contributed by atoms with Crippen molar-refractivity contribution in [3.05, 3.63) is 53.5 Å². The van der Waals surface area contributed by atoms with Crippen LogP contribution in [0.15, 0.2) is 45.9 Å². The number of thioether (sulfide) groups is 1. The lowest BCUT2D eigenvalue weighted by atomic mass is 10.0. The maximum atomic E-state index is 5.48. The number of hydrogen-bond acceptors (Lipinski definition) is 3. The van der Waals surface area contributed by atoms with Crippen molar-refractivity contribution in [3.63, 3.8) is 0 Å². The van der Waals surface area contributed by atoms with Crippen LogP contribution in [0.2, 0.25) is 0 Å². The zero-order valence-corrected chi connectivity index (χ0v) is 11.3. The molecule has 0 fully saturated rings. The van der Waals surface area contributed by atoms with Gasteiger partial charge in [0.15, 0.2) is 0 Å². The zero-order valence-electron chi connectivity index (χ0n) is 10.5. The summed E-state index contributed by atoms with van der Waals surface area (Å²) in [6.07, 6.45) is 2.94. The summed E-state index contributed by atoms with van der Waals surface area (Å²) in [6.45, 7) is 2.90. The van der Waals surface area contributed by atoms with E-state index in [1.807, 2.05) is 17.8 Å². The van der Waals surface area contributed by atoms with Gasteiger partial charge < -0.3 is 9.73 Å². The number of benzene rings is 1. The largest absolute Gasteiger partial charge is 0.468 e. The van der Waals surface area contributed by atoms with E-state index in [2.05, 4.69) is 36.5 Å². The molecule has 3 rings (SSSR count). The molecule has 0 saturated heterocycles. The minimum Gasteiger partial charge on any atom is -0.468 e. The lowest BCUT2D eigenvalue weighted by Gasteiger charge is -2.25. The number of furan rings is 1. The number of nitrogens with one attached hydrogen (secondary N) is 1. The van der Waals surface area contributed by atoms with Gasteiger partial charge in [-0.3, -0.25) is 0 Å². The smallest absolute Gasteiger partial charge is 0.120 e. The number of fused-ring (bicyclic) bond motifs is 1. The first kappa shape index (κ1) is 11.9. The summed E-state index contributed by atoms with van der Waals surface area (Å²) in [5.74, 6) is 2.23. The fraction of sp³-hybridized carbons (Fsp3) is 0.333. The third-order valence-electron chi connectivity index (χ3n) is 3.44.